The van der Waals surface area contributed by atoms with Gasteiger partial charge in [-0.3, -0.25) is 4.98 Å². The van der Waals surface area contributed by atoms with Crippen LogP contribution in [0.5, 0.6) is 0 Å². The quantitative estimate of drug-likeness (QED) is 0.780. The van der Waals surface area contributed by atoms with Gasteiger partial charge in [-0.1, -0.05) is 0 Å². The van der Waals surface area contributed by atoms with Crippen LogP contribution in [0.15, 0.2) is 18.5 Å². The number of aryl methyl sites for hydroxylation is 1. The minimum atomic E-state index is 0.413. The van der Waals surface area contributed by atoms with Crippen molar-refractivity contribution in [3.8, 4) is 0 Å². The molecule has 0 saturated carbocycles. The molecule has 2 unspecified atom stereocenters. The number of pyridine rings is 1. The molecule has 3 heterocycles. The summed E-state index contributed by atoms with van der Waals surface area (Å²) in [7, 11) is 0. The van der Waals surface area contributed by atoms with E-state index in [0.717, 1.165) is 12.8 Å². The van der Waals surface area contributed by atoms with Crippen molar-refractivity contribution < 1.29 is 0 Å². The van der Waals surface area contributed by atoms with Crippen LogP contribution in [0.3, 0.4) is 0 Å². The number of aromatic nitrogens is 1. The molecule has 0 amide bonds. The smallest absolute Gasteiger partial charge is 0.0431 e. The summed E-state index contributed by atoms with van der Waals surface area (Å²) in [5.74, 6) is 0. The predicted molar refractivity (Wildman–Crippen MR) is 65.5 cm³/mol. The maximum absolute atomic E-state index is 6.09. The number of rotatable bonds is 1. The topological polar surface area (TPSA) is 42.2 Å². The Labute approximate surface area is 96.7 Å². The van der Waals surface area contributed by atoms with Crippen molar-refractivity contribution in [3.63, 3.8) is 0 Å². The van der Waals surface area contributed by atoms with Gasteiger partial charge in [0.05, 0.1) is 0 Å². The number of fused-ring (bicyclic) bond motifs is 2. The molecule has 1 aromatic rings. The Kier molecular flexibility index (Phi) is 2.36. The van der Waals surface area contributed by atoms with Crippen LogP contribution in [0.25, 0.3) is 0 Å². The van der Waals surface area contributed by atoms with Gasteiger partial charge in [0.25, 0.3) is 0 Å². The number of hydrogen-bond acceptors (Lipinski definition) is 3. The first-order valence-electron chi connectivity index (χ1n) is 6.20. The minimum absolute atomic E-state index is 0.413. The van der Waals surface area contributed by atoms with Gasteiger partial charge in [-0.15, -0.1) is 0 Å². The van der Waals surface area contributed by atoms with Gasteiger partial charge in [0.1, 0.15) is 0 Å². The van der Waals surface area contributed by atoms with E-state index in [1.165, 1.54) is 24.1 Å². The molecule has 2 aliphatic rings. The maximum atomic E-state index is 6.09. The Morgan fingerprint density at radius 3 is 2.62 bits per heavy atom. The fourth-order valence-corrected chi connectivity index (χ4v) is 3.37. The summed E-state index contributed by atoms with van der Waals surface area (Å²) in [6.07, 6.45) is 8.77. The highest BCUT2D eigenvalue weighted by Crippen LogP contribution is 2.39. The van der Waals surface area contributed by atoms with Crippen LogP contribution in [0.2, 0.25) is 0 Å². The molecule has 2 aliphatic heterocycles. The fraction of sp³-hybridized carbons (Fsp3) is 0.615. The second-order valence-electron chi connectivity index (χ2n) is 5.19. The van der Waals surface area contributed by atoms with E-state index in [2.05, 4.69) is 22.9 Å². The number of piperidine rings is 1. The van der Waals surface area contributed by atoms with Crippen molar-refractivity contribution in [2.24, 2.45) is 5.73 Å². The summed E-state index contributed by atoms with van der Waals surface area (Å²) >= 11 is 0. The third kappa shape index (κ3) is 1.50. The van der Waals surface area contributed by atoms with E-state index in [1.54, 1.807) is 0 Å². The lowest BCUT2D eigenvalue weighted by molar-refractivity contribution is 0.414. The molecule has 16 heavy (non-hydrogen) atoms. The summed E-state index contributed by atoms with van der Waals surface area (Å²) in [6, 6.07) is 3.89. The lowest BCUT2D eigenvalue weighted by atomic mass is 9.97. The normalized spacial score (nSPS) is 33.1. The van der Waals surface area contributed by atoms with Gasteiger partial charge in [0.15, 0.2) is 0 Å². The van der Waals surface area contributed by atoms with Crippen molar-refractivity contribution in [2.45, 2.75) is 50.7 Å². The van der Waals surface area contributed by atoms with E-state index < -0.39 is 0 Å². The molecule has 2 atom stereocenters. The molecule has 2 saturated heterocycles. The molecule has 0 aliphatic carbocycles. The van der Waals surface area contributed by atoms with Crippen LogP contribution in [0.4, 0.5) is 5.69 Å². The first kappa shape index (κ1) is 10.1. The molecule has 3 nitrogen and oxygen atoms in total. The molecule has 1 aromatic heterocycles. The standard InChI is InChI=1S/C13H19N3/c1-9-8-15-5-4-13(9)16-11-2-3-12(16)7-10(14)6-11/h4-5,8,10-12H,2-3,6-7,14H2,1H3. The Bertz CT molecular complexity index is 377. The Morgan fingerprint density at radius 1 is 1.31 bits per heavy atom. The van der Waals surface area contributed by atoms with E-state index in [0.29, 0.717) is 18.1 Å². The molecule has 0 aromatic carbocycles. The van der Waals surface area contributed by atoms with Crippen molar-refractivity contribution >= 4 is 5.69 Å². The fourth-order valence-electron chi connectivity index (χ4n) is 3.37. The Balaban J connectivity index is 1.94. The molecule has 0 spiro atoms. The van der Waals surface area contributed by atoms with Crippen LogP contribution >= 0.6 is 0 Å². The third-order valence-electron chi connectivity index (χ3n) is 4.04. The van der Waals surface area contributed by atoms with Crippen molar-refractivity contribution in [1.82, 2.24) is 4.98 Å². The van der Waals surface area contributed by atoms with Gasteiger partial charge >= 0.3 is 0 Å². The summed E-state index contributed by atoms with van der Waals surface area (Å²) < 4.78 is 0. The minimum Gasteiger partial charge on any atom is -0.365 e. The van der Waals surface area contributed by atoms with E-state index in [-0.39, 0.29) is 0 Å². The first-order chi connectivity index (χ1) is 7.75. The Hall–Kier alpha value is -1.09. The first-order valence-corrected chi connectivity index (χ1v) is 6.20. The molecule has 0 radical (unpaired) electrons. The monoisotopic (exact) mass is 217 g/mol. The van der Waals surface area contributed by atoms with Crippen LogP contribution in [-0.4, -0.2) is 23.1 Å². The molecule has 86 valence electrons. The van der Waals surface area contributed by atoms with Crippen LogP contribution < -0.4 is 10.6 Å². The summed E-state index contributed by atoms with van der Waals surface area (Å²) in [5.41, 5.74) is 8.75. The van der Waals surface area contributed by atoms with Gasteiger partial charge in [0.2, 0.25) is 0 Å². The SMILES string of the molecule is Cc1cnccc1N1C2CCC1CC(N)C2. The summed E-state index contributed by atoms with van der Waals surface area (Å²) in [5, 5.41) is 0. The van der Waals surface area contributed by atoms with Gasteiger partial charge < -0.3 is 10.6 Å². The van der Waals surface area contributed by atoms with Crippen molar-refractivity contribution in [3.05, 3.63) is 24.0 Å². The van der Waals surface area contributed by atoms with E-state index in [9.17, 15) is 0 Å². The highest BCUT2D eigenvalue weighted by atomic mass is 15.2. The largest absolute Gasteiger partial charge is 0.365 e. The average molecular weight is 217 g/mol. The van der Waals surface area contributed by atoms with E-state index in [1.807, 2.05) is 12.4 Å². The molecule has 2 N–H and O–H groups in total. The second kappa shape index (κ2) is 3.74. The summed E-state index contributed by atoms with van der Waals surface area (Å²) in [6.45, 7) is 2.15. The molecule has 2 fully saturated rings. The molecule has 3 heteroatoms. The van der Waals surface area contributed by atoms with Crippen LogP contribution in [0.1, 0.15) is 31.2 Å². The second-order valence-corrected chi connectivity index (χ2v) is 5.19. The van der Waals surface area contributed by atoms with Gasteiger partial charge in [-0.2, -0.15) is 0 Å². The zero-order chi connectivity index (χ0) is 11.1. The molecule has 2 bridgehead atoms. The Morgan fingerprint density at radius 2 is 2.00 bits per heavy atom. The van der Waals surface area contributed by atoms with Gasteiger partial charge in [0, 0.05) is 36.2 Å². The lowest BCUT2D eigenvalue weighted by Gasteiger charge is -2.40. The molecule has 3 rings (SSSR count). The lowest BCUT2D eigenvalue weighted by Crippen LogP contribution is -2.47. The van der Waals surface area contributed by atoms with Crippen molar-refractivity contribution in [2.75, 3.05) is 4.90 Å². The van der Waals surface area contributed by atoms with E-state index >= 15 is 0 Å². The van der Waals surface area contributed by atoms with Gasteiger partial charge in [-0.05, 0) is 44.2 Å². The number of nitrogens with two attached hydrogens (primary N) is 1. The van der Waals surface area contributed by atoms with Gasteiger partial charge in [-0.25, -0.2) is 0 Å². The summed E-state index contributed by atoms with van der Waals surface area (Å²) in [4.78, 5) is 6.77. The predicted octanol–water partition coefficient (Wildman–Crippen LogP) is 1.85. The zero-order valence-electron chi connectivity index (χ0n) is 9.76. The zero-order valence-corrected chi connectivity index (χ0v) is 9.76. The third-order valence-corrected chi connectivity index (χ3v) is 4.04. The van der Waals surface area contributed by atoms with E-state index in [4.69, 9.17) is 5.73 Å². The van der Waals surface area contributed by atoms with Crippen LogP contribution in [-0.2, 0) is 0 Å². The highest BCUT2D eigenvalue weighted by Gasteiger charge is 2.39. The number of hydrogen-bond donors (Lipinski definition) is 1. The molecular formula is C13H19N3. The number of nitrogens with zero attached hydrogens (tertiary/aromatic N) is 2. The van der Waals surface area contributed by atoms with Crippen molar-refractivity contribution in [1.29, 1.82) is 0 Å². The molecular weight excluding hydrogens is 198 g/mol. The average Bonchev–Trinajstić information content (AvgIpc) is 2.53. The maximum Gasteiger partial charge on any atom is 0.0431 e. The highest BCUT2D eigenvalue weighted by molar-refractivity contribution is 5.55. The van der Waals surface area contributed by atoms with Crippen LogP contribution in [0, 0.1) is 6.92 Å². The number of anilines is 1.